The molecule has 0 radical (unpaired) electrons. The van der Waals surface area contributed by atoms with Crippen molar-refractivity contribution in [2.24, 2.45) is 0 Å². The number of hydrogen-bond donors (Lipinski definition) is 1. The first-order valence-corrected chi connectivity index (χ1v) is 5.59. The Morgan fingerprint density at radius 3 is 2.35 bits per heavy atom. The fourth-order valence-electron chi connectivity index (χ4n) is 1.61. The average Bonchev–Trinajstić information content (AvgIpc) is 2.38. The summed E-state index contributed by atoms with van der Waals surface area (Å²) in [5.41, 5.74) is 1.21. The largest absolute Gasteiger partial charge is 0.505 e. The van der Waals surface area contributed by atoms with E-state index in [-0.39, 0.29) is 5.75 Å². The van der Waals surface area contributed by atoms with Crippen molar-refractivity contribution >= 4 is 5.95 Å². The van der Waals surface area contributed by atoms with E-state index < -0.39 is 0 Å². The minimum absolute atomic E-state index is 0.0875. The van der Waals surface area contributed by atoms with Crippen LogP contribution in [-0.4, -0.2) is 21.6 Å². The zero-order chi connectivity index (χ0) is 12.1. The smallest absolute Gasteiger partial charge is 0.225 e. The Balaban J connectivity index is 2.14. The van der Waals surface area contributed by atoms with E-state index in [0.29, 0.717) is 5.95 Å². The van der Waals surface area contributed by atoms with Gasteiger partial charge in [-0.3, -0.25) is 0 Å². The van der Waals surface area contributed by atoms with E-state index in [1.165, 1.54) is 18.0 Å². The topological polar surface area (TPSA) is 49.2 Å². The van der Waals surface area contributed by atoms with Gasteiger partial charge in [0.2, 0.25) is 5.95 Å². The molecule has 2 aromatic rings. The Hall–Kier alpha value is -2.10. The summed E-state index contributed by atoms with van der Waals surface area (Å²) in [4.78, 5) is 10.3. The zero-order valence-electron chi connectivity index (χ0n) is 9.74. The average molecular weight is 229 g/mol. The summed E-state index contributed by atoms with van der Waals surface area (Å²) in [5, 5.41) is 9.16. The van der Waals surface area contributed by atoms with E-state index in [9.17, 15) is 0 Å². The summed E-state index contributed by atoms with van der Waals surface area (Å²) in [6, 6.07) is 10.2. The summed E-state index contributed by atoms with van der Waals surface area (Å²) in [5.74, 6) is 0.721. The van der Waals surface area contributed by atoms with Crippen LogP contribution in [-0.2, 0) is 6.54 Å². The lowest BCUT2D eigenvalue weighted by Gasteiger charge is -2.20. The first-order chi connectivity index (χ1) is 8.29. The normalized spacial score (nSPS) is 10.2. The van der Waals surface area contributed by atoms with Crippen LogP contribution in [0.3, 0.4) is 0 Å². The van der Waals surface area contributed by atoms with Crippen molar-refractivity contribution in [3.05, 3.63) is 48.3 Å². The van der Waals surface area contributed by atoms with Crippen LogP contribution in [0.5, 0.6) is 5.75 Å². The molecular formula is C13H15N3O. The molecule has 17 heavy (non-hydrogen) atoms. The molecule has 0 bridgehead atoms. The lowest BCUT2D eigenvalue weighted by atomic mass is 10.2. The van der Waals surface area contributed by atoms with Crippen molar-refractivity contribution in [2.45, 2.75) is 13.5 Å². The third kappa shape index (κ3) is 2.93. The maximum Gasteiger partial charge on any atom is 0.225 e. The number of rotatable bonds is 4. The van der Waals surface area contributed by atoms with Crippen molar-refractivity contribution < 1.29 is 5.11 Å². The minimum Gasteiger partial charge on any atom is -0.505 e. The van der Waals surface area contributed by atoms with Gasteiger partial charge in [0, 0.05) is 13.1 Å². The second-order valence-electron chi connectivity index (χ2n) is 3.74. The molecule has 0 saturated heterocycles. The van der Waals surface area contributed by atoms with Gasteiger partial charge in [0.1, 0.15) is 0 Å². The number of nitrogens with zero attached hydrogens (tertiary/aromatic N) is 3. The van der Waals surface area contributed by atoms with Gasteiger partial charge in [-0.05, 0) is 12.5 Å². The van der Waals surface area contributed by atoms with Gasteiger partial charge in [-0.25, -0.2) is 9.97 Å². The molecular weight excluding hydrogens is 214 g/mol. The van der Waals surface area contributed by atoms with E-state index in [4.69, 9.17) is 5.11 Å². The lowest BCUT2D eigenvalue weighted by molar-refractivity contribution is 0.469. The number of hydrogen-bond acceptors (Lipinski definition) is 4. The second-order valence-corrected chi connectivity index (χ2v) is 3.74. The van der Waals surface area contributed by atoms with Crippen LogP contribution >= 0.6 is 0 Å². The highest BCUT2D eigenvalue weighted by atomic mass is 16.3. The molecule has 4 heteroatoms. The van der Waals surface area contributed by atoms with Crippen LogP contribution in [0.15, 0.2) is 42.7 Å². The molecule has 1 aromatic heterocycles. The fraction of sp³-hybridized carbons (Fsp3) is 0.231. The highest BCUT2D eigenvalue weighted by Gasteiger charge is 2.07. The Morgan fingerprint density at radius 2 is 1.76 bits per heavy atom. The van der Waals surface area contributed by atoms with Gasteiger partial charge in [-0.15, -0.1) is 0 Å². The Bertz CT molecular complexity index is 456. The molecule has 0 unspecified atom stereocenters. The molecule has 0 amide bonds. The molecule has 0 aliphatic rings. The predicted octanol–water partition coefficient (Wildman–Crippen LogP) is 2.21. The number of aromatic nitrogens is 2. The van der Waals surface area contributed by atoms with Crippen LogP contribution in [0.4, 0.5) is 5.95 Å². The van der Waals surface area contributed by atoms with Crippen molar-refractivity contribution in [1.82, 2.24) is 9.97 Å². The highest BCUT2D eigenvalue weighted by molar-refractivity contribution is 5.33. The third-order valence-corrected chi connectivity index (χ3v) is 2.51. The Labute approximate surface area is 101 Å². The molecule has 0 fully saturated rings. The summed E-state index contributed by atoms with van der Waals surface area (Å²) < 4.78 is 0. The van der Waals surface area contributed by atoms with E-state index >= 15 is 0 Å². The maximum absolute atomic E-state index is 9.16. The summed E-state index contributed by atoms with van der Waals surface area (Å²) >= 11 is 0. The molecule has 0 aliphatic carbocycles. The minimum atomic E-state index is 0.0875. The fourth-order valence-corrected chi connectivity index (χ4v) is 1.61. The Kier molecular flexibility index (Phi) is 3.55. The summed E-state index contributed by atoms with van der Waals surface area (Å²) in [6.45, 7) is 3.64. The van der Waals surface area contributed by atoms with Crippen molar-refractivity contribution in [3.63, 3.8) is 0 Å². The lowest BCUT2D eigenvalue weighted by Crippen LogP contribution is -2.23. The quantitative estimate of drug-likeness (QED) is 0.873. The van der Waals surface area contributed by atoms with E-state index in [2.05, 4.69) is 33.9 Å². The molecule has 0 saturated carbocycles. The van der Waals surface area contributed by atoms with E-state index in [1.807, 2.05) is 18.2 Å². The van der Waals surface area contributed by atoms with Gasteiger partial charge in [0.05, 0.1) is 12.4 Å². The monoisotopic (exact) mass is 229 g/mol. The van der Waals surface area contributed by atoms with Crippen molar-refractivity contribution in [2.75, 3.05) is 11.4 Å². The van der Waals surface area contributed by atoms with E-state index in [0.717, 1.165) is 13.1 Å². The number of aromatic hydroxyl groups is 1. The summed E-state index contributed by atoms with van der Waals surface area (Å²) in [7, 11) is 0. The number of benzene rings is 1. The molecule has 0 aliphatic heterocycles. The van der Waals surface area contributed by atoms with Crippen LogP contribution < -0.4 is 4.90 Å². The molecule has 4 nitrogen and oxygen atoms in total. The molecule has 0 atom stereocenters. The Morgan fingerprint density at radius 1 is 1.12 bits per heavy atom. The summed E-state index contributed by atoms with van der Waals surface area (Å²) in [6.07, 6.45) is 2.83. The van der Waals surface area contributed by atoms with Crippen LogP contribution in [0.2, 0.25) is 0 Å². The standard InChI is InChI=1S/C13H15N3O/c1-2-16(10-11-6-4-3-5-7-11)13-14-8-12(17)9-15-13/h3-9,17H,2,10H2,1H3. The first-order valence-electron chi connectivity index (χ1n) is 5.59. The van der Waals surface area contributed by atoms with Crippen LogP contribution in [0.25, 0.3) is 0 Å². The molecule has 88 valence electrons. The zero-order valence-corrected chi connectivity index (χ0v) is 9.74. The van der Waals surface area contributed by atoms with Crippen LogP contribution in [0.1, 0.15) is 12.5 Å². The second kappa shape index (κ2) is 5.30. The molecule has 1 heterocycles. The predicted molar refractivity (Wildman–Crippen MR) is 66.9 cm³/mol. The van der Waals surface area contributed by atoms with Gasteiger partial charge in [-0.1, -0.05) is 30.3 Å². The first kappa shape index (κ1) is 11.4. The molecule has 2 rings (SSSR count). The van der Waals surface area contributed by atoms with Crippen molar-refractivity contribution in [3.8, 4) is 5.75 Å². The van der Waals surface area contributed by atoms with Crippen LogP contribution in [0, 0.1) is 0 Å². The highest BCUT2D eigenvalue weighted by Crippen LogP contribution is 2.13. The van der Waals surface area contributed by atoms with Gasteiger partial charge in [0.25, 0.3) is 0 Å². The SMILES string of the molecule is CCN(Cc1ccccc1)c1ncc(O)cn1. The molecule has 0 spiro atoms. The van der Waals surface area contributed by atoms with Gasteiger partial charge < -0.3 is 10.0 Å². The van der Waals surface area contributed by atoms with Gasteiger partial charge in [-0.2, -0.15) is 0 Å². The van der Waals surface area contributed by atoms with E-state index in [1.54, 1.807) is 0 Å². The van der Waals surface area contributed by atoms with Gasteiger partial charge >= 0.3 is 0 Å². The van der Waals surface area contributed by atoms with Crippen molar-refractivity contribution in [1.29, 1.82) is 0 Å². The third-order valence-electron chi connectivity index (χ3n) is 2.51. The molecule has 1 N–H and O–H groups in total. The molecule has 1 aromatic carbocycles. The number of anilines is 1. The maximum atomic E-state index is 9.16. The van der Waals surface area contributed by atoms with Gasteiger partial charge in [0.15, 0.2) is 5.75 Å².